The van der Waals surface area contributed by atoms with Gasteiger partial charge < -0.3 is 22.1 Å². The van der Waals surface area contributed by atoms with Crippen molar-refractivity contribution < 1.29 is 35.8 Å². The third-order valence-corrected chi connectivity index (χ3v) is 25.7. The van der Waals surface area contributed by atoms with E-state index in [1.807, 2.05) is 50.6 Å². The lowest BCUT2D eigenvalue weighted by molar-refractivity contribution is -0.670. The van der Waals surface area contributed by atoms with Crippen LogP contribution < -0.4 is 13.7 Å². The second-order valence-electron chi connectivity index (χ2n) is 31.5. The molecule has 19 aromatic rings. The summed E-state index contributed by atoms with van der Waals surface area (Å²) in [6, 6.07) is 71.6. The number of benzene rings is 9. The molecule has 28 rings (SSSR count). The maximum absolute atomic E-state index is 6.48. The number of furan rings is 5. The molecule has 0 spiro atoms. The van der Waals surface area contributed by atoms with Gasteiger partial charge in [0.05, 0.1) is 84.1 Å². The predicted molar refractivity (Wildman–Crippen MR) is 429 cm³/mol. The standard InChI is InChI=1S/C35H25N2O2.C34H23N2O2.C30H25N2O/c1-18-8-10-24-25-11-9-19(2)36-35(25)39-34(24)30(18)29-13-12-26-31-22-6-4-5-7-23(22)32(33(26)37(29)3)28-15-21-17-38-16-20(21)14-27(28)31;1-18-9-10-23-24-8-5-13-35-34(24)38-33(23)29(18)28-12-11-25-30-21-6-3-4-7-22(21)31(32(25)36(28)2)27-15-20-17-37-16-19(20)14-26(27)30;1-16-9-17(2)18(3)23(10-16)26-13-31-29-27-21-7-5-6-8-22(21)28(30(29)32(26)4)25-12-20-15-33-14-19(20)11-24(25)27/h4-17,31-32H,1-3H3;3-17,30-31H,1-2H3;5-15,27-28H,1-4H3/q3*+1. The summed E-state index contributed by atoms with van der Waals surface area (Å²) in [4.78, 5) is 14.3. The number of hydrogen-bond acceptors (Lipinski definition) is 8. The number of aryl methyl sites for hydroxylation is 5. The molecule has 11 heteroatoms. The minimum Gasteiger partial charge on any atom is -0.471 e. The Labute approximate surface area is 633 Å². The Bertz CT molecular complexity index is 7300. The van der Waals surface area contributed by atoms with Crippen LogP contribution in [0.4, 0.5) is 0 Å². The normalized spacial score (nSPS) is 17.3. The number of nitrogens with zero attached hydrogens (tertiary/aromatic N) is 6. The van der Waals surface area contributed by atoms with Gasteiger partial charge >= 0.3 is 0 Å². The average molecular weight is 1430 g/mol. The zero-order chi connectivity index (χ0) is 73.5. The third kappa shape index (κ3) is 8.65. The van der Waals surface area contributed by atoms with E-state index in [0.717, 1.165) is 93.2 Å². The van der Waals surface area contributed by atoms with Crippen LogP contribution in [0, 0.1) is 41.5 Å². The lowest BCUT2D eigenvalue weighted by Gasteiger charge is -2.39. The summed E-state index contributed by atoms with van der Waals surface area (Å²) in [6.07, 6.45) is 15.0. The van der Waals surface area contributed by atoms with Crippen molar-refractivity contribution in [2.45, 2.75) is 77.0 Å². The molecule has 9 aromatic carbocycles. The SMILES string of the molecule is Cc1cc(C)c(C)c(-c2cnc3c([n+]2C)C2c4ccccc4C3c3cc4cocc4cc32)c1.Cc1ccc2c(n1)oc1c(-c3ccc4c([n+]3C)C3c5ccccc5C4c4cc5cocc5cc43)c(C)ccc12.Cc1ccc2c(oc3ncccc32)c1-c1ccc2c([n+]1C)C1c3ccccc3C2c2cc3cocc3cc21. The molecule has 0 aliphatic heterocycles. The van der Waals surface area contributed by atoms with Crippen LogP contribution in [0.1, 0.15) is 170 Å². The van der Waals surface area contributed by atoms with E-state index in [-0.39, 0.29) is 35.5 Å². The second-order valence-corrected chi connectivity index (χ2v) is 31.5. The van der Waals surface area contributed by atoms with Gasteiger partial charge in [-0.1, -0.05) is 109 Å². The first-order chi connectivity index (χ1) is 53.8. The fourth-order valence-corrected chi connectivity index (χ4v) is 20.7. The van der Waals surface area contributed by atoms with Gasteiger partial charge in [0.15, 0.2) is 22.6 Å². The minimum atomic E-state index is 0.149. The first-order valence-electron chi connectivity index (χ1n) is 38.2. The van der Waals surface area contributed by atoms with E-state index >= 15 is 0 Å². The molecule has 6 bridgehead atoms. The number of hydrogen-bond donors (Lipinski definition) is 0. The third-order valence-electron chi connectivity index (χ3n) is 25.7. The molecule has 0 amide bonds. The molecule has 9 aliphatic rings. The second kappa shape index (κ2) is 23.0. The summed E-state index contributed by atoms with van der Waals surface area (Å²) in [5.74, 6) is 1.02. The minimum absolute atomic E-state index is 0.149. The number of aromatic nitrogens is 6. The van der Waals surface area contributed by atoms with E-state index in [9.17, 15) is 0 Å². The number of fused-ring (bicyclic) bond motifs is 9. The fourth-order valence-electron chi connectivity index (χ4n) is 20.7. The Morgan fingerprint density at radius 2 is 0.727 bits per heavy atom. The molecule has 11 nitrogen and oxygen atoms in total. The van der Waals surface area contributed by atoms with E-state index in [0.29, 0.717) is 11.4 Å². The molecule has 0 saturated heterocycles. The van der Waals surface area contributed by atoms with Gasteiger partial charge in [0.1, 0.15) is 26.8 Å². The van der Waals surface area contributed by atoms with Crippen LogP contribution in [0.3, 0.4) is 0 Å². The van der Waals surface area contributed by atoms with E-state index in [2.05, 4.69) is 269 Å². The molecule has 526 valence electrons. The van der Waals surface area contributed by atoms with Crippen molar-refractivity contribution in [3.8, 4) is 33.8 Å². The average Bonchev–Trinajstić information content (AvgIpc) is 0.865. The van der Waals surface area contributed by atoms with Crippen LogP contribution in [0.2, 0.25) is 0 Å². The molecule has 9 aliphatic carbocycles. The lowest BCUT2D eigenvalue weighted by atomic mass is 9.62. The number of rotatable bonds is 3. The van der Waals surface area contributed by atoms with Crippen molar-refractivity contribution in [2.75, 3.05) is 0 Å². The topological polar surface area (TPSA) is 116 Å². The summed E-state index contributed by atoms with van der Waals surface area (Å²) in [5.41, 5.74) is 42.1. The Kier molecular flexibility index (Phi) is 13.2. The molecule has 0 fully saturated rings. The van der Waals surface area contributed by atoms with Crippen LogP contribution in [-0.4, -0.2) is 15.0 Å². The Balaban J connectivity index is 0.0000000994. The smallest absolute Gasteiger partial charge is 0.231 e. The van der Waals surface area contributed by atoms with Crippen LogP contribution in [0.25, 0.3) is 110 Å². The van der Waals surface area contributed by atoms with E-state index in [4.69, 9.17) is 32.1 Å². The maximum Gasteiger partial charge on any atom is 0.231 e. The Morgan fingerprint density at radius 1 is 0.318 bits per heavy atom. The van der Waals surface area contributed by atoms with Gasteiger partial charge in [0.25, 0.3) is 0 Å². The molecular formula is C99H73N6O5+3. The molecule has 10 aromatic heterocycles. The van der Waals surface area contributed by atoms with Crippen molar-refractivity contribution in [3.63, 3.8) is 0 Å². The highest BCUT2D eigenvalue weighted by Crippen LogP contribution is 2.59. The first kappa shape index (κ1) is 63.0. The van der Waals surface area contributed by atoms with Gasteiger partial charge in [-0.2, -0.15) is 13.7 Å². The van der Waals surface area contributed by atoms with Crippen molar-refractivity contribution in [3.05, 3.63) is 378 Å². The quantitative estimate of drug-likeness (QED) is 0.161. The lowest BCUT2D eigenvalue weighted by Crippen LogP contribution is -2.45. The fraction of sp³-hybridized carbons (Fsp3) is 0.152. The Morgan fingerprint density at radius 3 is 1.22 bits per heavy atom. The van der Waals surface area contributed by atoms with Crippen molar-refractivity contribution >= 4 is 76.5 Å². The van der Waals surface area contributed by atoms with E-state index in [1.165, 1.54) is 140 Å². The first-order valence-corrected chi connectivity index (χ1v) is 38.2. The highest BCUT2D eigenvalue weighted by Gasteiger charge is 2.51. The van der Waals surface area contributed by atoms with Gasteiger partial charge in [-0.25, -0.2) is 15.0 Å². The van der Waals surface area contributed by atoms with Crippen molar-refractivity contribution in [2.24, 2.45) is 21.1 Å². The Hall–Kier alpha value is -13.1. The van der Waals surface area contributed by atoms with Crippen LogP contribution in [0.15, 0.2) is 266 Å². The highest BCUT2D eigenvalue weighted by atomic mass is 16.3. The largest absolute Gasteiger partial charge is 0.471 e. The molecule has 6 unspecified atom stereocenters. The summed E-state index contributed by atoms with van der Waals surface area (Å²) in [7, 11) is 6.65. The summed E-state index contributed by atoms with van der Waals surface area (Å²) >= 11 is 0. The zero-order valence-electron chi connectivity index (χ0n) is 62.3. The summed E-state index contributed by atoms with van der Waals surface area (Å²) in [6.45, 7) is 12.9. The monoisotopic (exact) mass is 1430 g/mol. The van der Waals surface area contributed by atoms with Crippen molar-refractivity contribution in [1.82, 2.24) is 15.0 Å². The highest BCUT2D eigenvalue weighted by molar-refractivity contribution is 6.10. The maximum atomic E-state index is 6.48. The molecule has 0 N–H and O–H groups in total. The predicted octanol–water partition coefficient (Wildman–Crippen LogP) is 21.6. The molecule has 0 saturated carbocycles. The van der Waals surface area contributed by atoms with Gasteiger partial charge in [0, 0.05) is 101 Å². The van der Waals surface area contributed by atoms with Crippen LogP contribution in [-0.2, 0) is 21.1 Å². The molecular weight excluding hydrogens is 1350 g/mol. The van der Waals surface area contributed by atoms with Crippen LogP contribution >= 0.6 is 0 Å². The van der Waals surface area contributed by atoms with Gasteiger partial charge in [-0.05, 0) is 209 Å². The molecule has 110 heavy (non-hydrogen) atoms. The van der Waals surface area contributed by atoms with Gasteiger partial charge in [-0.3, -0.25) is 0 Å². The van der Waals surface area contributed by atoms with Crippen molar-refractivity contribution in [1.29, 1.82) is 0 Å². The number of pyridine rings is 4. The zero-order valence-corrected chi connectivity index (χ0v) is 62.3. The van der Waals surface area contributed by atoms with E-state index < -0.39 is 0 Å². The molecule has 6 atom stereocenters. The molecule has 10 heterocycles. The van der Waals surface area contributed by atoms with Gasteiger partial charge in [0.2, 0.25) is 34.2 Å². The van der Waals surface area contributed by atoms with E-state index in [1.54, 1.807) is 6.20 Å². The molecule has 0 radical (unpaired) electrons. The summed E-state index contributed by atoms with van der Waals surface area (Å²) in [5, 5.41) is 11.3. The van der Waals surface area contributed by atoms with Gasteiger partial charge in [-0.15, -0.1) is 0 Å². The summed E-state index contributed by atoms with van der Waals surface area (Å²) < 4.78 is 36.8. The van der Waals surface area contributed by atoms with Crippen LogP contribution in [0.5, 0.6) is 0 Å².